The molecule has 3 aromatic carbocycles. The molecule has 1 heterocycles. The fourth-order valence-corrected chi connectivity index (χ4v) is 3.99. The minimum atomic E-state index is -4.83. The van der Waals surface area contributed by atoms with Crippen molar-refractivity contribution in [2.24, 2.45) is 5.92 Å². The van der Waals surface area contributed by atoms with Gasteiger partial charge < -0.3 is 9.47 Å². The summed E-state index contributed by atoms with van der Waals surface area (Å²) >= 11 is 0. The Morgan fingerprint density at radius 3 is 1.78 bits per heavy atom. The Bertz CT molecular complexity index is 1230. The zero-order valence-electron chi connectivity index (χ0n) is 18.5. The van der Waals surface area contributed by atoms with E-state index >= 15 is 0 Å². The molecule has 1 aliphatic heterocycles. The summed E-state index contributed by atoms with van der Waals surface area (Å²) in [5.41, 5.74) is -3.39. The van der Waals surface area contributed by atoms with E-state index in [1.165, 1.54) is 0 Å². The highest BCUT2D eigenvalue weighted by Gasteiger charge is 2.42. The molecule has 2 nitrogen and oxygen atoms in total. The van der Waals surface area contributed by atoms with Crippen molar-refractivity contribution in [3.63, 3.8) is 0 Å². The third-order valence-electron chi connectivity index (χ3n) is 5.76. The second-order valence-corrected chi connectivity index (χ2v) is 8.50. The maximum Gasteiger partial charge on any atom is 0.432 e. The lowest BCUT2D eigenvalue weighted by atomic mass is 9.93. The minimum absolute atomic E-state index is 0. The molecule has 11 heteroatoms. The smallest absolute Gasteiger partial charge is 0.429 e. The van der Waals surface area contributed by atoms with Gasteiger partial charge in [-0.15, -0.1) is 0 Å². The molecule has 0 aromatic heterocycles. The molecule has 1 saturated heterocycles. The van der Waals surface area contributed by atoms with E-state index in [9.17, 15) is 39.5 Å². The van der Waals surface area contributed by atoms with Gasteiger partial charge in [-0.25, -0.2) is 30.7 Å². The molecule has 0 amide bonds. The summed E-state index contributed by atoms with van der Waals surface area (Å²) in [6.45, 7) is 2.35. The number of hydrogen-bond donors (Lipinski definition) is 0. The largest absolute Gasteiger partial charge is 0.432 e. The highest BCUT2D eigenvalue weighted by molar-refractivity contribution is 5.66. The van der Waals surface area contributed by atoms with Gasteiger partial charge in [0, 0.05) is 18.7 Å². The van der Waals surface area contributed by atoms with E-state index in [-0.39, 0.29) is 43.2 Å². The average Bonchev–Trinajstić information content (AvgIpc) is 2.76. The van der Waals surface area contributed by atoms with Crippen LogP contribution in [0.3, 0.4) is 0 Å². The molecule has 0 spiro atoms. The van der Waals surface area contributed by atoms with Crippen LogP contribution in [0.2, 0.25) is 0 Å². The number of halogens is 9. The molecule has 0 saturated carbocycles. The number of benzene rings is 3. The fourth-order valence-electron chi connectivity index (χ4n) is 3.99. The van der Waals surface area contributed by atoms with E-state index < -0.39 is 75.4 Å². The van der Waals surface area contributed by atoms with Gasteiger partial charge in [0.05, 0.1) is 11.7 Å². The first-order valence-corrected chi connectivity index (χ1v) is 10.7. The maximum absolute atomic E-state index is 14.8. The summed E-state index contributed by atoms with van der Waals surface area (Å²) in [4.78, 5) is 0. The van der Waals surface area contributed by atoms with Crippen molar-refractivity contribution in [1.82, 2.24) is 0 Å². The van der Waals surface area contributed by atoms with Gasteiger partial charge in [-0.2, -0.15) is 8.78 Å². The predicted molar refractivity (Wildman–Crippen MR) is 116 cm³/mol. The lowest BCUT2D eigenvalue weighted by Gasteiger charge is -2.27. The highest BCUT2D eigenvalue weighted by atomic mass is 19.3. The third kappa shape index (κ3) is 5.71. The van der Waals surface area contributed by atoms with Crippen LogP contribution >= 0.6 is 0 Å². The van der Waals surface area contributed by atoms with Gasteiger partial charge in [0.15, 0.2) is 17.5 Å². The van der Waals surface area contributed by atoms with Crippen molar-refractivity contribution in [1.29, 1.82) is 0 Å². The highest BCUT2D eigenvalue weighted by Crippen LogP contribution is 2.39. The number of ether oxygens (including phenoxy) is 2. The maximum atomic E-state index is 14.8. The molecular weight excluding hydrogens is 515 g/mol. The van der Waals surface area contributed by atoms with Crippen molar-refractivity contribution in [3.05, 3.63) is 88.2 Å². The Kier molecular flexibility index (Phi) is 8.16. The number of rotatable bonds is 5. The van der Waals surface area contributed by atoms with Crippen LogP contribution in [0, 0.1) is 46.6 Å². The van der Waals surface area contributed by atoms with Crippen LogP contribution in [0.25, 0.3) is 11.1 Å². The molecule has 3 aromatic rings. The molecule has 200 valence electrons. The van der Waals surface area contributed by atoms with Gasteiger partial charge in [-0.1, -0.05) is 14.4 Å². The second kappa shape index (κ2) is 10.6. The monoisotopic (exact) mass is 536 g/mol. The van der Waals surface area contributed by atoms with Crippen LogP contribution in [-0.4, -0.2) is 6.61 Å². The third-order valence-corrected chi connectivity index (χ3v) is 5.76. The molecule has 2 atom stereocenters. The van der Waals surface area contributed by atoms with Gasteiger partial charge in [0.25, 0.3) is 0 Å². The molecule has 0 aliphatic carbocycles. The van der Waals surface area contributed by atoms with Gasteiger partial charge in [0.1, 0.15) is 34.6 Å². The lowest BCUT2D eigenvalue weighted by Crippen LogP contribution is -2.25. The molecule has 1 unspecified atom stereocenters. The summed E-state index contributed by atoms with van der Waals surface area (Å²) in [6.07, 6.45) is -4.14. The van der Waals surface area contributed by atoms with E-state index in [1.54, 1.807) is 0 Å². The summed E-state index contributed by atoms with van der Waals surface area (Å²) in [7, 11) is 0. The summed E-state index contributed by atoms with van der Waals surface area (Å²) in [5, 5.41) is 0. The Morgan fingerprint density at radius 2 is 1.30 bits per heavy atom. The zero-order valence-corrected chi connectivity index (χ0v) is 18.5. The first-order valence-electron chi connectivity index (χ1n) is 10.7. The SMILES string of the molecule is C.CC1CC[C@@H](c2cc(F)c(-c3cc(F)c(C(F)(F)Oc4cc(F)c(F)c(F)c4)c(F)c3)c(F)c2)OC1. The van der Waals surface area contributed by atoms with E-state index in [2.05, 4.69) is 4.74 Å². The first-order chi connectivity index (χ1) is 16.9. The molecular formula is C26H21F9O2. The normalized spacial score (nSPS) is 17.9. The Balaban J connectivity index is 0.00000380. The summed E-state index contributed by atoms with van der Waals surface area (Å²) in [5.74, 6) is -13.0. The first kappa shape index (κ1) is 28.4. The molecule has 0 radical (unpaired) electrons. The minimum Gasteiger partial charge on any atom is -0.429 e. The average molecular weight is 536 g/mol. The number of alkyl halides is 2. The van der Waals surface area contributed by atoms with E-state index in [0.717, 1.165) is 18.6 Å². The quantitative estimate of drug-likeness (QED) is 0.240. The van der Waals surface area contributed by atoms with Crippen LogP contribution in [0.5, 0.6) is 5.75 Å². The van der Waals surface area contributed by atoms with Gasteiger partial charge in [-0.05, 0) is 54.2 Å². The molecule has 1 aliphatic rings. The zero-order chi connectivity index (χ0) is 26.4. The topological polar surface area (TPSA) is 18.5 Å². The van der Waals surface area contributed by atoms with Gasteiger partial charge >= 0.3 is 6.11 Å². The van der Waals surface area contributed by atoms with E-state index in [0.29, 0.717) is 13.0 Å². The second-order valence-electron chi connectivity index (χ2n) is 8.50. The number of hydrogen-bond acceptors (Lipinski definition) is 2. The van der Waals surface area contributed by atoms with Crippen LogP contribution in [0.1, 0.15) is 44.4 Å². The summed E-state index contributed by atoms with van der Waals surface area (Å²) in [6, 6.07) is 2.53. The van der Waals surface area contributed by atoms with Gasteiger partial charge in [-0.3, -0.25) is 0 Å². The molecule has 4 rings (SSSR count). The van der Waals surface area contributed by atoms with Crippen LogP contribution in [0.15, 0.2) is 36.4 Å². The molecule has 0 bridgehead atoms. The van der Waals surface area contributed by atoms with Gasteiger partial charge in [0.2, 0.25) is 0 Å². The Hall–Kier alpha value is -3.21. The van der Waals surface area contributed by atoms with Crippen LogP contribution in [0.4, 0.5) is 39.5 Å². The van der Waals surface area contributed by atoms with Crippen molar-refractivity contribution >= 4 is 0 Å². The standard InChI is InChI=1S/C25H17F9O2.CH4/c1-11-2-3-21(35-10-11)12-4-15(26)22(16(27)5-12)13-6-17(28)23(18(29)7-13)25(33,34)36-14-8-19(30)24(32)20(31)9-14;/h4-9,11,21H,2-3,10H2,1H3;1H4/t11?,21-;/m0./s1. The lowest BCUT2D eigenvalue weighted by molar-refractivity contribution is -0.189. The fraction of sp³-hybridized carbons (Fsp3) is 0.308. The summed E-state index contributed by atoms with van der Waals surface area (Å²) < 4.78 is 137. The molecule has 1 fully saturated rings. The Morgan fingerprint density at radius 1 is 0.757 bits per heavy atom. The van der Waals surface area contributed by atoms with E-state index in [4.69, 9.17) is 4.74 Å². The van der Waals surface area contributed by atoms with E-state index in [1.807, 2.05) is 6.92 Å². The van der Waals surface area contributed by atoms with Crippen molar-refractivity contribution in [3.8, 4) is 16.9 Å². The van der Waals surface area contributed by atoms with Crippen molar-refractivity contribution in [2.75, 3.05) is 6.61 Å². The molecule has 37 heavy (non-hydrogen) atoms. The van der Waals surface area contributed by atoms with Crippen molar-refractivity contribution in [2.45, 2.75) is 39.4 Å². The predicted octanol–water partition coefficient (Wildman–Crippen LogP) is 8.58. The van der Waals surface area contributed by atoms with Crippen LogP contribution < -0.4 is 4.74 Å². The molecule has 0 N–H and O–H groups in total. The van der Waals surface area contributed by atoms with Crippen molar-refractivity contribution < 1.29 is 49.0 Å². The van der Waals surface area contributed by atoms with Crippen LogP contribution in [-0.2, 0) is 10.8 Å². The Labute approximate surface area is 206 Å².